The summed E-state index contributed by atoms with van der Waals surface area (Å²) in [5.41, 5.74) is 9.82. The van der Waals surface area contributed by atoms with Crippen LogP contribution in [-0.4, -0.2) is 23.0 Å². The van der Waals surface area contributed by atoms with Crippen LogP contribution in [0.4, 0.5) is 5.69 Å². The Morgan fingerprint density at radius 1 is 1.26 bits per heavy atom. The quantitative estimate of drug-likeness (QED) is 0.511. The van der Waals surface area contributed by atoms with Gasteiger partial charge < -0.3 is 20.8 Å². The van der Waals surface area contributed by atoms with E-state index in [0.717, 1.165) is 28.1 Å². The Hall–Kier alpha value is -3.02. The molecule has 0 saturated carbocycles. The molecule has 6 heteroatoms. The molecule has 0 atom stereocenters. The molecule has 0 spiro atoms. The summed E-state index contributed by atoms with van der Waals surface area (Å²) < 4.78 is 5.27. The van der Waals surface area contributed by atoms with Crippen molar-refractivity contribution < 1.29 is 4.74 Å². The number of imidazole rings is 1. The first-order valence-electron chi connectivity index (χ1n) is 7.31. The summed E-state index contributed by atoms with van der Waals surface area (Å²) in [7, 11) is 1.62. The van der Waals surface area contributed by atoms with Gasteiger partial charge in [-0.25, -0.2) is 9.98 Å². The zero-order valence-electron chi connectivity index (χ0n) is 13.1. The molecule has 0 fully saturated rings. The van der Waals surface area contributed by atoms with Gasteiger partial charge in [-0.05, 0) is 30.7 Å². The first kappa shape index (κ1) is 14.9. The number of aromatic nitrogens is 2. The van der Waals surface area contributed by atoms with Gasteiger partial charge in [-0.3, -0.25) is 0 Å². The van der Waals surface area contributed by atoms with Crippen molar-refractivity contribution >= 4 is 22.7 Å². The lowest BCUT2D eigenvalue weighted by Gasteiger charge is -2.09. The molecule has 3 aromatic rings. The number of aryl methyl sites for hydroxylation is 1. The summed E-state index contributed by atoms with van der Waals surface area (Å²) in [5.74, 6) is 1.80. The fourth-order valence-electron chi connectivity index (χ4n) is 2.39. The van der Waals surface area contributed by atoms with Crippen molar-refractivity contribution in [2.45, 2.75) is 13.5 Å². The van der Waals surface area contributed by atoms with Gasteiger partial charge in [0.1, 0.15) is 18.1 Å². The van der Waals surface area contributed by atoms with E-state index in [2.05, 4.69) is 20.3 Å². The predicted molar refractivity (Wildman–Crippen MR) is 92.8 cm³/mol. The van der Waals surface area contributed by atoms with E-state index < -0.39 is 0 Å². The van der Waals surface area contributed by atoms with Crippen LogP contribution in [0.1, 0.15) is 11.4 Å². The van der Waals surface area contributed by atoms with Crippen molar-refractivity contribution in [1.29, 1.82) is 0 Å². The van der Waals surface area contributed by atoms with E-state index in [1.807, 2.05) is 49.4 Å². The van der Waals surface area contributed by atoms with Crippen LogP contribution in [0.25, 0.3) is 11.0 Å². The SMILES string of the molecule is COc1ccccc1NC(N)=NCc1nc2c(C)cccc2[nH]1. The fraction of sp³-hybridized carbons (Fsp3) is 0.176. The average molecular weight is 309 g/mol. The number of hydrogen-bond donors (Lipinski definition) is 3. The molecule has 0 bridgehead atoms. The Labute approximate surface area is 134 Å². The third-order valence-corrected chi connectivity index (χ3v) is 3.53. The summed E-state index contributed by atoms with van der Waals surface area (Å²) in [4.78, 5) is 12.1. The number of anilines is 1. The van der Waals surface area contributed by atoms with Crippen LogP contribution in [0.5, 0.6) is 5.75 Å². The van der Waals surface area contributed by atoms with Crippen LogP contribution in [0.3, 0.4) is 0 Å². The predicted octanol–water partition coefficient (Wildman–Crippen LogP) is 2.81. The number of nitrogens with zero attached hydrogens (tertiary/aromatic N) is 2. The number of nitrogens with two attached hydrogens (primary N) is 1. The molecule has 4 N–H and O–H groups in total. The van der Waals surface area contributed by atoms with Gasteiger partial charge >= 0.3 is 0 Å². The van der Waals surface area contributed by atoms with Crippen LogP contribution < -0.4 is 15.8 Å². The monoisotopic (exact) mass is 309 g/mol. The number of methoxy groups -OCH3 is 1. The van der Waals surface area contributed by atoms with Gasteiger partial charge in [0.05, 0.1) is 23.8 Å². The molecule has 1 aromatic heterocycles. The smallest absolute Gasteiger partial charge is 0.193 e. The van der Waals surface area contributed by atoms with E-state index in [4.69, 9.17) is 10.5 Å². The van der Waals surface area contributed by atoms with Crippen molar-refractivity contribution in [1.82, 2.24) is 9.97 Å². The summed E-state index contributed by atoms with van der Waals surface area (Å²) in [6.07, 6.45) is 0. The van der Waals surface area contributed by atoms with Gasteiger partial charge in [0.2, 0.25) is 0 Å². The highest BCUT2D eigenvalue weighted by Crippen LogP contribution is 2.22. The van der Waals surface area contributed by atoms with E-state index in [0.29, 0.717) is 18.3 Å². The molecule has 118 valence electrons. The highest BCUT2D eigenvalue weighted by Gasteiger charge is 2.05. The third kappa shape index (κ3) is 3.26. The molecule has 0 aliphatic heterocycles. The summed E-state index contributed by atoms with van der Waals surface area (Å²) in [6, 6.07) is 13.6. The van der Waals surface area contributed by atoms with E-state index in [1.165, 1.54) is 0 Å². The second-order valence-corrected chi connectivity index (χ2v) is 5.18. The van der Waals surface area contributed by atoms with Crippen LogP contribution >= 0.6 is 0 Å². The second-order valence-electron chi connectivity index (χ2n) is 5.18. The van der Waals surface area contributed by atoms with E-state index in [9.17, 15) is 0 Å². The second kappa shape index (κ2) is 6.39. The number of aromatic amines is 1. The number of para-hydroxylation sites is 3. The van der Waals surface area contributed by atoms with E-state index in [-0.39, 0.29) is 0 Å². The highest BCUT2D eigenvalue weighted by molar-refractivity contribution is 5.93. The number of fused-ring (bicyclic) bond motifs is 1. The normalized spacial score (nSPS) is 11.7. The van der Waals surface area contributed by atoms with Crippen LogP contribution in [0.15, 0.2) is 47.5 Å². The molecular weight excluding hydrogens is 290 g/mol. The Kier molecular flexibility index (Phi) is 4.14. The Bertz CT molecular complexity index is 853. The number of ether oxygens (including phenoxy) is 1. The van der Waals surface area contributed by atoms with E-state index in [1.54, 1.807) is 7.11 Å². The molecule has 0 saturated heterocycles. The minimum atomic E-state index is 0.312. The number of benzene rings is 2. The first-order chi connectivity index (χ1) is 11.2. The maximum Gasteiger partial charge on any atom is 0.193 e. The van der Waals surface area contributed by atoms with Gasteiger partial charge in [-0.2, -0.15) is 0 Å². The number of aliphatic imine (C=N–C) groups is 1. The molecule has 0 aliphatic rings. The lowest BCUT2D eigenvalue weighted by Crippen LogP contribution is -2.23. The molecule has 0 radical (unpaired) electrons. The van der Waals surface area contributed by atoms with Crippen molar-refractivity contribution in [2.75, 3.05) is 12.4 Å². The van der Waals surface area contributed by atoms with Gasteiger partial charge in [0, 0.05) is 0 Å². The lowest BCUT2D eigenvalue weighted by molar-refractivity contribution is 0.417. The van der Waals surface area contributed by atoms with Crippen molar-refractivity contribution in [3.05, 3.63) is 53.9 Å². The van der Waals surface area contributed by atoms with E-state index >= 15 is 0 Å². The number of guanidine groups is 1. The van der Waals surface area contributed by atoms with Crippen LogP contribution in [-0.2, 0) is 6.54 Å². The average Bonchev–Trinajstić information content (AvgIpc) is 2.98. The molecule has 23 heavy (non-hydrogen) atoms. The van der Waals surface area contributed by atoms with Crippen molar-refractivity contribution in [2.24, 2.45) is 10.7 Å². The molecule has 0 amide bonds. The standard InChI is InChI=1S/C17H19N5O/c1-11-6-5-8-13-16(11)22-15(20-13)10-19-17(18)21-12-7-3-4-9-14(12)23-2/h3-9H,10H2,1-2H3,(H,20,22)(H3,18,19,21). The zero-order chi connectivity index (χ0) is 16.2. The fourth-order valence-corrected chi connectivity index (χ4v) is 2.39. The highest BCUT2D eigenvalue weighted by atomic mass is 16.5. The Morgan fingerprint density at radius 3 is 2.87 bits per heavy atom. The Morgan fingerprint density at radius 2 is 2.09 bits per heavy atom. The molecular formula is C17H19N5O. The largest absolute Gasteiger partial charge is 0.495 e. The van der Waals surface area contributed by atoms with Gasteiger partial charge in [-0.1, -0.05) is 24.3 Å². The molecule has 1 heterocycles. The number of rotatable bonds is 4. The molecule has 2 aromatic carbocycles. The molecule has 0 unspecified atom stereocenters. The maximum absolute atomic E-state index is 5.94. The molecule has 0 aliphatic carbocycles. The topological polar surface area (TPSA) is 88.3 Å². The zero-order valence-corrected chi connectivity index (χ0v) is 13.1. The molecule has 6 nitrogen and oxygen atoms in total. The maximum atomic E-state index is 5.94. The van der Waals surface area contributed by atoms with Crippen molar-refractivity contribution in [3.8, 4) is 5.75 Å². The number of nitrogens with one attached hydrogen (secondary N) is 2. The summed E-state index contributed by atoms with van der Waals surface area (Å²) >= 11 is 0. The Balaban J connectivity index is 1.74. The minimum Gasteiger partial charge on any atom is -0.495 e. The molecule has 3 rings (SSSR count). The van der Waals surface area contributed by atoms with Gasteiger partial charge in [0.25, 0.3) is 0 Å². The first-order valence-corrected chi connectivity index (χ1v) is 7.31. The van der Waals surface area contributed by atoms with Gasteiger partial charge in [-0.15, -0.1) is 0 Å². The lowest BCUT2D eigenvalue weighted by atomic mass is 10.2. The third-order valence-electron chi connectivity index (χ3n) is 3.53. The summed E-state index contributed by atoms with van der Waals surface area (Å²) in [6.45, 7) is 2.41. The number of hydrogen-bond acceptors (Lipinski definition) is 3. The number of H-pyrrole nitrogens is 1. The van der Waals surface area contributed by atoms with Crippen molar-refractivity contribution in [3.63, 3.8) is 0 Å². The van der Waals surface area contributed by atoms with Crippen LogP contribution in [0, 0.1) is 6.92 Å². The van der Waals surface area contributed by atoms with Crippen LogP contribution in [0.2, 0.25) is 0 Å². The van der Waals surface area contributed by atoms with Gasteiger partial charge in [0.15, 0.2) is 5.96 Å². The summed E-state index contributed by atoms with van der Waals surface area (Å²) in [5, 5.41) is 3.04. The minimum absolute atomic E-state index is 0.312.